The Kier molecular flexibility index (Phi) is 3.88. The van der Waals surface area contributed by atoms with Gasteiger partial charge in [-0.3, -0.25) is 9.59 Å². The zero-order valence-corrected chi connectivity index (χ0v) is 13.8. The Labute approximate surface area is 138 Å². The maximum Gasteiger partial charge on any atom is 0.313 e. The van der Waals surface area contributed by atoms with E-state index in [-0.39, 0.29) is 30.4 Å². The van der Waals surface area contributed by atoms with Crippen molar-refractivity contribution < 1.29 is 27.5 Å². The molecule has 2 aliphatic rings. The van der Waals surface area contributed by atoms with E-state index in [0.717, 1.165) is 28.6 Å². The predicted octanol–water partition coefficient (Wildman–Crippen LogP) is 0.379. The molecular weight excluding hydrogens is 339 g/mol. The molecule has 2 atom stereocenters. The summed E-state index contributed by atoms with van der Waals surface area (Å²) in [4.78, 5) is 25.5. The number of fused-ring (bicyclic) bond motifs is 1. The Balaban J connectivity index is 1.95. The maximum absolute atomic E-state index is 13.0. The SMILES string of the molecule is CCN1C[C@@]2(C(=O)O)CN(S(=O)(=O)c3ccc(F)cc3)C[C@H]2C1=O. The number of carbonyl (C=O) groups excluding carboxylic acids is 1. The molecule has 2 heterocycles. The van der Waals surface area contributed by atoms with Crippen LogP contribution in [0.4, 0.5) is 4.39 Å². The molecule has 7 nitrogen and oxygen atoms in total. The van der Waals surface area contributed by atoms with Crippen LogP contribution in [0.1, 0.15) is 6.92 Å². The summed E-state index contributed by atoms with van der Waals surface area (Å²) in [6, 6.07) is 4.32. The van der Waals surface area contributed by atoms with Gasteiger partial charge in [-0.2, -0.15) is 4.31 Å². The molecular formula is C15H17FN2O5S. The first kappa shape index (κ1) is 16.8. The number of sulfonamides is 1. The fraction of sp³-hybridized carbons (Fsp3) is 0.467. The Morgan fingerprint density at radius 2 is 1.96 bits per heavy atom. The second-order valence-corrected chi connectivity index (χ2v) is 8.06. The van der Waals surface area contributed by atoms with Crippen LogP contribution < -0.4 is 0 Å². The van der Waals surface area contributed by atoms with Crippen LogP contribution >= 0.6 is 0 Å². The molecule has 0 unspecified atom stereocenters. The molecule has 24 heavy (non-hydrogen) atoms. The lowest BCUT2D eigenvalue weighted by molar-refractivity contribution is -0.149. The quantitative estimate of drug-likeness (QED) is 0.842. The van der Waals surface area contributed by atoms with Gasteiger partial charge in [0.15, 0.2) is 0 Å². The van der Waals surface area contributed by atoms with Crippen molar-refractivity contribution in [3.05, 3.63) is 30.1 Å². The maximum atomic E-state index is 13.0. The zero-order chi connectivity index (χ0) is 17.7. The summed E-state index contributed by atoms with van der Waals surface area (Å²) in [5.74, 6) is -2.97. The Morgan fingerprint density at radius 1 is 1.33 bits per heavy atom. The largest absolute Gasteiger partial charge is 0.481 e. The Bertz CT molecular complexity index is 795. The highest BCUT2D eigenvalue weighted by Crippen LogP contribution is 2.45. The molecule has 0 aliphatic carbocycles. The minimum atomic E-state index is -3.98. The van der Waals surface area contributed by atoms with Crippen molar-refractivity contribution in [2.75, 3.05) is 26.2 Å². The molecule has 1 N–H and O–H groups in total. The number of benzene rings is 1. The third-order valence-electron chi connectivity index (χ3n) is 4.85. The van der Waals surface area contributed by atoms with Gasteiger partial charge in [0.2, 0.25) is 15.9 Å². The second-order valence-electron chi connectivity index (χ2n) is 6.12. The fourth-order valence-electron chi connectivity index (χ4n) is 3.47. The zero-order valence-electron chi connectivity index (χ0n) is 13.0. The van der Waals surface area contributed by atoms with Crippen molar-refractivity contribution in [3.63, 3.8) is 0 Å². The van der Waals surface area contributed by atoms with E-state index in [1.807, 2.05) is 0 Å². The summed E-state index contributed by atoms with van der Waals surface area (Å²) in [6.07, 6.45) is 0. The van der Waals surface area contributed by atoms with Gasteiger partial charge in [-0.25, -0.2) is 12.8 Å². The molecule has 1 aromatic rings. The predicted molar refractivity (Wildman–Crippen MR) is 81.0 cm³/mol. The average Bonchev–Trinajstić information content (AvgIpc) is 3.04. The molecule has 0 spiro atoms. The summed E-state index contributed by atoms with van der Waals surface area (Å²) in [5.41, 5.74) is -1.43. The molecule has 1 amide bonds. The van der Waals surface area contributed by atoms with E-state index in [1.165, 1.54) is 4.90 Å². The van der Waals surface area contributed by atoms with E-state index >= 15 is 0 Å². The van der Waals surface area contributed by atoms with Gasteiger partial charge in [0, 0.05) is 26.2 Å². The summed E-state index contributed by atoms with van der Waals surface area (Å²) in [5, 5.41) is 9.65. The van der Waals surface area contributed by atoms with Gasteiger partial charge in [0.25, 0.3) is 0 Å². The van der Waals surface area contributed by atoms with Crippen molar-refractivity contribution in [1.82, 2.24) is 9.21 Å². The highest BCUT2D eigenvalue weighted by molar-refractivity contribution is 7.89. The molecule has 2 aliphatic heterocycles. The Morgan fingerprint density at radius 3 is 2.46 bits per heavy atom. The first-order valence-corrected chi connectivity index (χ1v) is 8.94. The number of rotatable bonds is 4. The van der Waals surface area contributed by atoms with Gasteiger partial charge in [-0.05, 0) is 31.2 Å². The average molecular weight is 356 g/mol. The lowest BCUT2D eigenvalue weighted by Gasteiger charge is -2.24. The second kappa shape index (κ2) is 5.52. The normalized spacial score (nSPS) is 27.5. The molecule has 1 aromatic carbocycles. The van der Waals surface area contributed by atoms with Crippen LogP contribution in [0.15, 0.2) is 29.2 Å². The van der Waals surface area contributed by atoms with Gasteiger partial charge in [0.1, 0.15) is 11.2 Å². The lowest BCUT2D eigenvalue weighted by atomic mass is 9.81. The summed E-state index contributed by atoms with van der Waals surface area (Å²) < 4.78 is 39.4. The number of carbonyl (C=O) groups is 2. The van der Waals surface area contributed by atoms with Crippen LogP contribution in [0.3, 0.4) is 0 Å². The number of amides is 1. The van der Waals surface area contributed by atoms with E-state index in [0.29, 0.717) is 6.54 Å². The van der Waals surface area contributed by atoms with Crippen LogP contribution in [-0.4, -0.2) is 60.8 Å². The minimum absolute atomic E-state index is 0.00221. The third-order valence-corrected chi connectivity index (χ3v) is 6.68. The molecule has 3 rings (SSSR count). The topological polar surface area (TPSA) is 95.0 Å². The first-order valence-electron chi connectivity index (χ1n) is 7.50. The molecule has 0 saturated carbocycles. The molecule has 9 heteroatoms. The Hall–Kier alpha value is -2.00. The number of hydrogen-bond acceptors (Lipinski definition) is 4. The number of carboxylic acid groups (broad SMARTS) is 1. The number of carboxylic acids is 1. The standard InChI is InChI=1S/C15H17FN2O5S/c1-2-17-8-15(14(20)21)9-18(7-12(15)13(17)19)24(22,23)11-5-3-10(16)4-6-11/h3-6,12H,2,7-9H2,1H3,(H,20,21)/t12-,15+/m0/s1. The summed E-state index contributed by atoms with van der Waals surface area (Å²) in [7, 11) is -3.98. The number of hydrogen-bond donors (Lipinski definition) is 1. The molecule has 0 radical (unpaired) electrons. The molecule has 0 aromatic heterocycles. The third kappa shape index (κ3) is 2.30. The van der Waals surface area contributed by atoms with Gasteiger partial charge < -0.3 is 10.0 Å². The van der Waals surface area contributed by atoms with E-state index in [1.54, 1.807) is 6.92 Å². The molecule has 2 fully saturated rings. The number of aliphatic carboxylic acids is 1. The highest BCUT2D eigenvalue weighted by atomic mass is 32.2. The monoisotopic (exact) mass is 356 g/mol. The van der Waals surface area contributed by atoms with Crippen molar-refractivity contribution in [2.45, 2.75) is 11.8 Å². The fourth-order valence-corrected chi connectivity index (χ4v) is 5.00. The van der Waals surface area contributed by atoms with Crippen LogP contribution in [0.2, 0.25) is 0 Å². The first-order chi connectivity index (χ1) is 11.2. The molecule has 2 saturated heterocycles. The van der Waals surface area contributed by atoms with E-state index in [4.69, 9.17) is 0 Å². The van der Waals surface area contributed by atoms with Crippen LogP contribution in [0, 0.1) is 17.2 Å². The van der Waals surface area contributed by atoms with Gasteiger partial charge in [0.05, 0.1) is 10.8 Å². The minimum Gasteiger partial charge on any atom is -0.481 e. The number of nitrogens with zero attached hydrogens (tertiary/aromatic N) is 2. The lowest BCUT2D eigenvalue weighted by Crippen LogP contribution is -2.42. The number of halogens is 1. The van der Waals surface area contributed by atoms with Crippen molar-refractivity contribution in [2.24, 2.45) is 11.3 Å². The van der Waals surface area contributed by atoms with E-state index in [2.05, 4.69) is 0 Å². The van der Waals surface area contributed by atoms with E-state index in [9.17, 15) is 27.5 Å². The smallest absolute Gasteiger partial charge is 0.313 e. The van der Waals surface area contributed by atoms with Crippen LogP contribution in [0.25, 0.3) is 0 Å². The highest BCUT2D eigenvalue weighted by Gasteiger charge is 2.63. The van der Waals surface area contributed by atoms with Crippen molar-refractivity contribution in [3.8, 4) is 0 Å². The summed E-state index contributed by atoms with van der Waals surface area (Å²) in [6.45, 7) is 1.69. The van der Waals surface area contributed by atoms with Gasteiger partial charge in [-0.15, -0.1) is 0 Å². The molecule has 0 bridgehead atoms. The van der Waals surface area contributed by atoms with Crippen LogP contribution in [0.5, 0.6) is 0 Å². The molecule has 130 valence electrons. The van der Waals surface area contributed by atoms with E-state index < -0.39 is 33.1 Å². The van der Waals surface area contributed by atoms with Crippen molar-refractivity contribution >= 4 is 21.9 Å². The van der Waals surface area contributed by atoms with Gasteiger partial charge in [-0.1, -0.05) is 0 Å². The number of likely N-dealkylation sites (tertiary alicyclic amines) is 1. The summed E-state index contributed by atoms with van der Waals surface area (Å²) >= 11 is 0. The van der Waals surface area contributed by atoms with Gasteiger partial charge >= 0.3 is 5.97 Å². The van der Waals surface area contributed by atoms with Crippen molar-refractivity contribution in [1.29, 1.82) is 0 Å². The van der Waals surface area contributed by atoms with Crippen LogP contribution in [-0.2, 0) is 19.6 Å².